The molecule has 11 heteroatoms. The second kappa shape index (κ2) is 8.80. The molecular formula is C21H25ClF3N5O2. The monoisotopic (exact) mass is 471 g/mol. The molecule has 1 saturated heterocycles. The Balaban J connectivity index is 1.52. The average Bonchev–Trinajstić information content (AvgIpc) is 3.16. The van der Waals surface area contributed by atoms with Crippen molar-refractivity contribution in [3.05, 3.63) is 28.8 Å². The molecule has 0 radical (unpaired) electrons. The lowest BCUT2D eigenvalue weighted by Gasteiger charge is -2.51. The minimum absolute atomic E-state index is 0.00638. The summed E-state index contributed by atoms with van der Waals surface area (Å²) in [5.74, 6) is 0.0148. The summed E-state index contributed by atoms with van der Waals surface area (Å²) in [4.78, 5) is 29.6. The number of alkyl halides is 3. The van der Waals surface area contributed by atoms with Gasteiger partial charge in [0.15, 0.2) is 6.17 Å². The Labute approximate surface area is 188 Å². The molecule has 1 saturated carbocycles. The summed E-state index contributed by atoms with van der Waals surface area (Å²) in [7, 11) is 0. The quantitative estimate of drug-likeness (QED) is 0.685. The number of benzene rings is 1. The van der Waals surface area contributed by atoms with Crippen LogP contribution in [0, 0.1) is 0 Å². The van der Waals surface area contributed by atoms with Gasteiger partial charge in [0, 0.05) is 6.42 Å². The molecule has 3 atom stereocenters. The van der Waals surface area contributed by atoms with Crippen LogP contribution < -0.4 is 10.7 Å². The molecule has 7 nitrogen and oxygen atoms in total. The van der Waals surface area contributed by atoms with Gasteiger partial charge in [-0.3, -0.25) is 15.0 Å². The average molecular weight is 472 g/mol. The van der Waals surface area contributed by atoms with E-state index in [1.807, 2.05) is 0 Å². The first-order valence-corrected chi connectivity index (χ1v) is 11.2. The van der Waals surface area contributed by atoms with E-state index in [1.165, 1.54) is 0 Å². The van der Waals surface area contributed by atoms with E-state index in [-0.39, 0.29) is 35.2 Å². The molecule has 1 aromatic carbocycles. The van der Waals surface area contributed by atoms with Gasteiger partial charge in [-0.2, -0.15) is 18.3 Å². The van der Waals surface area contributed by atoms with Gasteiger partial charge in [0.05, 0.1) is 28.4 Å². The molecule has 2 aliphatic heterocycles. The van der Waals surface area contributed by atoms with E-state index >= 15 is 0 Å². The molecule has 1 aromatic rings. The highest BCUT2D eigenvalue weighted by atomic mass is 35.5. The molecule has 32 heavy (non-hydrogen) atoms. The molecule has 2 fully saturated rings. The Morgan fingerprint density at radius 1 is 1.28 bits per heavy atom. The van der Waals surface area contributed by atoms with Crippen molar-refractivity contribution in [2.45, 2.75) is 69.9 Å². The largest absolute Gasteiger partial charge is 0.416 e. The van der Waals surface area contributed by atoms with E-state index in [4.69, 9.17) is 11.6 Å². The maximum Gasteiger partial charge on any atom is 0.416 e. The van der Waals surface area contributed by atoms with Crippen molar-refractivity contribution in [2.75, 3.05) is 11.9 Å². The molecule has 4 rings (SSSR count). The first kappa shape index (κ1) is 22.7. The number of hydrazone groups is 1. The van der Waals surface area contributed by atoms with E-state index < -0.39 is 23.8 Å². The summed E-state index contributed by atoms with van der Waals surface area (Å²) < 4.78 is 39.1. The van der Waals surface area contributed by atoms with Crippen LogP contribution in [0.15, 0.2) is 23.3 Å². The van der Waals surface area contributed by atoms with Crippen molar-refractivity contribution in [3.8, 4) is 0 Å². The zero-order valence-electron chi connectivity index (χ0n) is 17.6. The maximum atomic E-state index is 13.2. The molecule has 2 N–H and O–H groups in total. The van der Waals surface area contributed by atoms with Gasteiger partial charge >= 0.3 is 6.18 Å². The zero-order chi connectivity index (χ0) is 23.0. The van der Waals surface area contributed by atoms with Crippen LogP contribution in [0.25, 0.3) is 0 Å². The minimum Gasteiger partial charge on any atom is -0.325 e. The normalized spacial score (nSPS) is 25.1. The van der Waals surface area contributed by atoms with Crippen LogP contribution in [0.4, 0.5) is 18.9 Å². The Morgan fingerprint density at radius 2 is 2.00 bits per heavy atom. The summed E-state index contributed by atoms with van der Waals surface area (Å²) in [5, 5.41) is 6.80. The fraction of sp³-hybridized carbons (Fsp3) is 0.571. The van der Waals surface area contributed by atoms with Gasteiger partial charge in [-0.05, 0) is 37.5 Å². The number of anilines is 1. The Bertz CT molecular complexity index is 939. The first-order valence-electron chi connectivity index (χ1n) is 10.8. The van der Waals surface area contributed by atoms with Crippen molar-refractivity contribution >= 4 is 34.9 Å². The maximum absolute atomic E-state index is 13.2. The number of nitrogens with zero attached hydrogens (tertiary/aromatic N) is 3. The minimum atomic E-state index is -4.56. The van der Waals surface area contributed by atoms with E-state index in [0.29, 0.717) is 0 Å². The lowest BCUT2D eigenvalue weighted by Crippen LogP contribution is -2.69. The van der Waals surface area contributed by atoms with Gasteiger partial charge < -0.3 is 15.1 Å². The number of rotatable bonds is 5. The summed E-state index contributed by atoms with van der Waals surface area (Å²) in [6.07, 6.45) is 0.0631. The van der Waals surface area contributed by atoms with Crippen molar-refractivity contribution in [3.63, 3.8) is 0 Å². The molecule has 3 unspecified atom stereocenters. The summed E-state index contributed by atoms with van der Waals surface area (Å²) >= 11 is 6.00. The summed E-state index contributed by atoms with van der Waals surface area (Å²) in [6, 6.07) is 2.64. The van der Waals surface area contributed by atoms with E-state index in [2.05, 4.69) is 27.7 Å². The van der Waals surface area contributed by atoms with Gasteiger partial charge in [0.25, 0.3) is 5.91 Å². The van der Waals surface area contributed by atoms with E-state index in [0.717, 1.165) is 62.6 Å². The highest BCUT2D eigenvalue weighted by Crippen LogP contribution is 2.36. The fourth-order valence-electron chi connectivity index (χ4n) is 4.81. The molecule has 0 aromatic heterocycles. The predicted molar refractivity (Wildman–Crippen MR) is 114 cm³/mol. The number of carbonyl (C=O) groups is 2. The molecular weight excluding hydrogens is 447 g/mol. The van der Waals surface area contributed by atoms with E-state index in [9.17, 15) is 22.8 Å². The number of amidine groups is 1. The summed E-state index contributed by atoms with van der Waals surface area (Å²) in [6.45, 7) is 1.79. The van der Waals surface area contributed by atoms with Crippen LogP contribution >= 0.6 is 11.6 Å². The number of fused-ring (bicyclic) bond motifs is 3. The molecule has 2 heterocycles. The van der Waals surface area contributed by atoms with Crippen LogP contribution in [-0.4, -0.2) is 52.2 Å². The molecule has 3 aliphatic rings. The number of hydrogen-bond acceptors (Lipinski definition) is 5. The second-order valence-corrected chi connectivity index (χ2v) is 8.75. The lowest BCUT2D eigenvalue weighted by atomic mass is 9.85. The van der Waals surface area contributed by atoms with Crippen LogP contribution in [0.5, 0.6) is 0 Å². The molecule has 2 amide bonds. The first-order chi connectivity index (χ1) is 15.2. The SMILES string of the molecule is CCCC1=NNC2C(=O)N(CC(=O)Nc3cc(C(F)(F)F)ccc3Cl)C3CCCCC3N12. The highest BCUT2D eigenvalue weighted by molar-refractivity contribution is 6.33. The van der Waals surface area contributed by atoms with Crippen molar-refractivity contribution in [1.82, 2.24) is 15.2 Å². The Kier molecular flexibility index (Phi) is 6.24. The highest BCUT2D eigenvalue weighted by Gasteiger charge is 2.51. The lowest BCUT2D eigenvalue weighted by molar-refractivity contribution is -0.151. The molecule has 174 valence electrons. The van der Waals surface area contributed by atoms with Gasteiger partial charge in [-0.15, -0.1) is 0 Å². The fourth-order valence-corrected chi connectivity index (χ4v) is 4.97. The zero-order valence-corrected chi connectivity index (χ0v) is 18.3. The third kappa shape index (κ3) is 4.24. The topological polar surface area (TPSA) is 77.0 Å². The molecule has 1 aliphatic carbocycles. The number of halogens is 4. The predicted octanol–water partition coefficient (Wildman–Crippen LogP) is 3.80. The third-order valence-corrected chi connectivity index (χ3v) is 6.55. The van der Waals surface area contributed by atoms with Crippen LogP contribution in [0.1, 0.15) is 51.0 Å². The summed E-state index contributed by atoms with van der Waals surface area (Å²) in [5.41, 5.74) is 1.86. The Hall–Kier alpha value is -2.49. The number of nitrogens with one attached hydrogen (secondary N) is 2. The van der Waals surface area contributed by atoms with Crippen LogP contribution in [0.2, 0.25) is 5.02 Å². The van der Waals surface area contributed by atoms with Gasteiger partial charge in [0.2, 0.25) is 5.91 Å². The van der Waals surface area contributed by atoms with Gasteiger partial charge in [0.1, 0.15) is 12.4 Å². The van der Waals surface area contributed by atoms with Crippen LogP contribution in [-0.2, 0) is 15.8 Å². The number of piperazine rings is 1. The van der Waals surface area contributed by atoms with Gasteiger partial charge in [-0.25, -0.2) is 0 Å². The van der Waals surface area contributed by atoms with Gasteiger partial charge in [-0.1, -0.05) is 31.4 Å². The van der Waals surface area contributed by atoms with Crippen molar-refractivity contribution in [1.29, 1.82) is 0 Å². The third-order valence-electron chi connectivity index (χ3n) is 6.22. The van der Waals surface area contributed by atoms with E-state index in [1.54, 1.807) is 4.90 Å². The standard InChI is InChI=1S/C21H25ClF3N5O2/c1-2-5-17-27-28-19-20(32)29(15-6-3-4-7-16(15)30(17)19)11-18(31)26-14-10-12(21(23,24)25)8-9-13(14)22/h8-10,15-16,19,28H,2-7,11H2,1H3,(H,26,31). The molecule has 0 spiro atoms. The van der Waals surface area contributed by atoms with Crippen LogP contribution in [0.3, 0.4) is 0 Å². The smallest absolute Gasteiger partial charge is 0.325 e. The molecule has 0 bridgehead atoms. The van der Waals surface area contributed by atoms with Crippen molar-refractivity contribution < 1.29 is 22.8 Å². The Morgan fingerprint density at radius 3 is 2.69 bits per heavy atom. The second-order valence-electron chi connectivity index (χ2n) is 8.34. The van der Waals surface area contributed by atoms with Crippen molar-refractivity contribution in [2.24, 2.45) is 5.10 Å². The number of amides is 2. The number of carbonyl (C=O) groups excluding carboxylic acids is 2. The number of hydrogen-bond donors (Lipinski definition) is 2.